The van der Waals surface area contributed by atoms with Crippen LogP contribution in [0, 0.1) is 0 Å². The first kappa shape index (κ1) is 15.8. The number of rotatable bonds is 2. The molecule has 2 heterocycles. The second-order valence-corrected chi connectivity index (χ2v) is 8.78. The summed E-state index contributed by atoms with van der Waals surface area (Å²) in [7, 11) is 0. The Labute approximate surface area is 128 Å². The van der Waals surface area contributed by atoms with Crippen molar-refractivity contribution in [2.24, 2.45) is 0 Å². The third-order valence-electron chi connectivity index (χ3n) is 3.58. The van der Waals surface area contributed by atoms with Crippen molar-refractivity contribution in [3.05, 3.63) is 0 Å². The standard InChI is InChI=1S/C13H22N2O3S2/c1-13(2)9-14(3-6-20-13)12(18)15-4-5-19-8-10(15)7-11(16)17/h10H,3-9H2,1-2H3,(H,16,17). The number of carbonyl (C=O) groups is 2. The van der Waals surface area contributed by atoms with Crippen LogP contribution in [0.25, 0.3) is 0 Å². The van der Waals surface area contributed by atoms with Crippen molar-refractivity contribution in [2.45, 2.75) is 31.1 Å². The van der Waals surface area contributed by atoms with Gasteiger partial charge in [-0.15, -0.1) is 0 Å². The second kappa shape index (κ2) is 6.47. The normalized spacial score (nSPS) is 26.4. The summed E-state index contributed by atoms with van der Waals surface area (Å²) in [5.74, 6) is 1.74. The lowest BCUT2D eigenvalue weighted by atomic mass is 10.1. The third kappa shape index (κ3) is 3.97. The zero-order chi connectivity index (χ0) is 14.8. The number of thioether (sulfide) groups is 2. The van der Waals surface area contributed by atoms with Gasteiger partial charge in [-0.1, -0.05) is 0 Å². The molecule has 1 unspecified atom stereocenters. The molecule has 0 saturated carbocycles. The molecule has 1 atom stereocenters. The Morgan fingerprint density at radius 3 is 2.70 bits per heavy atom. The van der Waals surface area contributed by atoms with E-state index in [1.807, 2.05) is 16.7 Å². The molecule has 0 aromatic rings. The van der Waals surface area contributed by atoms with Crippen molar-refractivity contribution >= 4 is 35.5 Å². The van der Waals surface area contributed by atoms with Crippen molar-refractivity contribution in [1.29, 1.82) is 0 Å². The maximum absolute atomic E-state index is 12.7. The highest BCUT2D eigenvalue weighted by Crippen LogP contribution is 2.31. The van der Waals surface area contributed by atoms with Gasteiger partial charge in [-0.2, -0.15) is 23.5 Å². The van der Waals surface area contributed by atoms with E-state index in [0.29, 0.717) is 6.54 Å². The lowest BCUT2D eigenvalue weighted by Crippen LogP contribution is -2.56. The van der Waals surface area contributed by atoms with Gasteiger partial charge in [0, 0.05) is 41.6 Å². The van der Waals surface area contributed by atoms with E-state index in [9.17, 15) is 9.59 Å². The van der Waals surface area contributed by atoms with Crippen LogP contribution in [0.1, 0.15) is 20.3 Å². The molecule has 2 rings (SSSR count). The number of carboxylic acid groups (broad SMARTS) is 1. The molecule has 20 heavy (non-hydrogen) atoms. The number of amides is 2. The summed E-state index contributed by atoms with van der Waals surface area (Å²) < 4.78 is 0.0841. The van der Waals surface area contributed by atoms with E-state index in [-0.39, 0.29) is 23.2 Å². The monoisotopic (exact) mass is 318 g/mol. The maximum Gasteiger partial charge on any atom is 0.320 e. The first-order chi connectivity index (χ1) is 9.39. The van der Waals surface area contributed by atoms with Gasteiger partial charge in [0.2, 0.25) is 0 Å². The molecular formula is C13H22N2O3S2. The number of carbonyl (C=O) groups excluding carboxylic acids is 1. The molecule has 7 heteroatoms. The summed E-state index contributed by atoms with van der Waals surface area (Å²) in [6, 6.07) is -0.152. The lowest BCUT2D eigenvalue weighted by Gasteiger charge is -2.43. The highest BCUT2D eigenvalue weighted by atomic mass is 32.2. The fraction of sp³-hybridized carbons (Fsp3) is 0.846. The molecule has 2 aliphatic rings. The van der Waals surface area contributed by atoms with Gasteiger partial charge < -0.3 is 14.9 Å². The molecule has 0 aliphatic carbocycles. The van der Waals surface area contributed by atoms with Gasteiger partial charge in [-0.3, -0.25) is 4.79 Å². The smallest absolute Gasteiger partial charge is 0.320 e. The Balaban J connectivity index is 2.03. The third-order valence-corrected chi connectivity index (χ3v) is 5.97. The van der Waals surface area contributed by atoms with Crippen molar-refractivity contribution < 1.29 is 14.7 Å². The summed E-state index contributed by atoms with van der Waals surface area (Å²) in [6.07, 6.45) is 0.0464. The Bertz CT molecular complexity index is 390. The minimum atomic E-state index is -0.829. The Morgan fingerprint density at radius 2 is 2.05 bits per heavy atom. The zero-order valence-corrected chi connectivity index (χ0v) is 13.6. The van der Waals surface area contributed by atoms with Crippen LogP contribution < -0.4 is 0 Å². The predicted octanol–water partition coefficient (Wildman–Crippen LogP) is 1.83. The first-order valence-corrected chi connectivity index (χ1v) is 9.02. The van der Waals surface area contributed by atoms with Crippen molar-refractivity contribution in [1.82, 2.24) is 9.80 Å². The molecule has 2 saturated heterocycles. The van der Waals surface area contributed by atoms with E-state index >= 15 is 0 Å². The maximum atomic E-state index is 12.7. The minimum absolute atomic E-state index is 0.0184. The second-order valence-electron chi connectivity index (χ2n) is 5.83. The van der Waals surface area contributed by atoms with Crippen LogP contribution in [0.15, 0.2) is 0 Å². The first-order valence-electron chi connectivity index (χ1n) is 6.88. The van der Waals surface area contributed by atoms with Crippen LogP contribution in [-0.2, 0) is 4.79 Å². The topological polar surface area (TPSA) is 60.9 Å². The number of nitrogens with zero attached hydrogens (tertiary/aromatic N) is 2. The van der Waals surface area contributed by atoms with E-state index in [2.05, 4.69) is 13.8 Å². The summed E-state index contributed by atoms with van der Waals surface area (Å²) in [5.41, 5.74) is 0. The summed E-state index contributed by atoms with van der Waals surface area (Å²) >= 11 is 3.62. The number of hydrogen-bond acceptors (Lipinski definition) is 4. The average molecular weight is 318 g/mol. The molecule has 114 valence electrons. The quantitative estimate of drug-likeness (QED) is 0.841. The van der Waals surface area contributed by atoms with E-state index in [4.69, 9.17) is 5.11 Å². The van der Waals surface area contributed by atoms with E-state index in [0.717, 1.165) is 30.3 Å². The molecule has 2 amide bonds. The van der Waals surface area contributed by atoms with Crippen molar-refractivity contribution in [3.8, 4) is 0 Å². The predicted molar refractivity (Wildman–Crippen MR) is 83.6 cm³/mol. The van der Waals surface area contributed by atoms with Crippen LogP contribution in [0.4, 0.5) is 4.79 Å². The van der Waals surface area contributed by atoms with Crippen LogP contribution in [0.2, 0.25) is 0 Å². The Kier molecular flexibility index (Phi) is 5.12. The SMILES string of the molecule is CC1(C)CN(C(=O)N2CCSCC2CC(=O)O)CCS1. The van der Waals surface area contributed by atoms with Crippen LogP contribution in [0.3, 0.4) is 0 Å². The molecule has 0 bridgehead atoms. The highest BCUT2D eigenvalue weighted by molar-refractivity contribution is 8.00. The number of aliphatic carboxylic acids is 1. The molecule has 0 aromatic carbocycles. The molecule has 2 aliphatic heterocycles. The van der Waals surface area contributed by atoms with Crippen LogP contribution >= 0.6 is 23.5 Å². The van der Waals surface area contributed by atoms with Gasteiger partial charge in [0.05, 0.1) is 12.5 Å². The molecule has 1 N–H and O–H groups in total. The average Bonchev–Trinajstić information content (AvgIpc) is 2.36. The molecular weight excluding hydrogens is 296 g/mol. The fourth-order valence-electron chi connectivity index (χ4n) is 2.64. The summed E-state index contributed by atoms with van der Waals surface area (Å²) in [5, 5.41) is 8.99. The van der Waals surface area contributed by atoms with E-state index in [1.165, 1.54) is 0 Å². The van der Waals surface area contributed by atoms with Gasteiger partial charge in [-0.25, -0.2) is 4.79 Å². The zero-order valence-electron chi connectivity index (χ0n) is 12.0. The van der Waals surface area contributed by atoms with Gasteiger partial charge in [0.1, 0.15) is 0 Å². The molecule has 2 fully saturated rings. The molecule has 5 nitrogen and oxygen atoms in total. The van der Waals surface area contributed by atoms with Gasteiger partial charge in [-0.05, 0) is 13.8 Å². The van der Waals surface area contributed by atoms with Crippen molar-refractivity contribution in [3.63, 3.8) is 0 Å². The summed E-state index contributed by atoms with van der Waals surface area (Å²) in [6.45, 7) is 6.46. The van der Waals surface area contributed by atoms with Gasteiger partial charge in [0.15, 0.2) is 0 Å². The summed E-state index contributed by atoms with van der Waals surface area (Å²) in [4.78, 5) is 27.3. The van der Waals surface area contributed by atoms with E-state index < -0.39 is 5.97 Å². The molecule has 0 radical (unpaired) electrons. The fourth-order valence-corrected chi connectivity index (χ4v) is 4.81. The van der Waals surface area contributed by atoms with E-state index in [1.54, 1.807) is 16.7 Å². The number of urea groups is 1. The largest absolute Gasteiger partial charge is 0.481 e. The molecule has 0 aromatic heterocycles. The number of carboxylic acids is 1. The Morgan fingerprint density at radius 1 is 1.30 bits per heavy atom. The minimum Gasteiger partial charge on any atom is -0.481 e. The van der Waals surface area contributed by atoms with Crippen LogP contribution in [-0.4, -0.2) is 74.6 Å². The lowest BCUT2D eigenvalue weighted by molar-refractivity contribution is -0.138. The Hall–Kier alpha value is -0.560. The highest BCUT2D eigenvalue weighted by Gasteiger charge is 2.35. The van der Waals surface area contributed by atoms with Gasteiger partial charge >= 0.3 is 12.0 Å². The van der Waals surface area contributed by atoms with Crippen LogP contribution in [0.5, 0.6) is 0 Å². The number of hydrogen-bond donors (Lipinski definition) is 1. The van der Waals surface area contributed by atoms with Crippen molar-refractivity contribution in [2.75, 3.05) is 36.9 Å². The van der Waals surface area contributed by atoms with Gasteiger partial charge in [0.25, 0.3) is 0 Å². The molecule has 0 spiro atoms.